The number of hydrogen-bond acceptors (Lipinski definition) is 3. The van der Waals surface area contributed by atoms with Crippen LogP contribution in [0.25, 0.3) is 0 Å². The van der Waals surface area contributed by atoms with Crippen LogP contribution in [-0.2, 0) is 9.53 Å². The molecule has 16 heavy (non-hydrogen) atoms. The zero-order chi connectivity index (χ0) is 12.0. The molecule has 1 aromatic carbocycles. The molecule has 0 atom stereocenters. The predicted octanol–water partition coefficient (Wildman–Crippen LogP) is 2.92. The lowest BCUT2D eigenvalue weighted by molar-refractivity contribution is -0.143. The highest BCUT2D eigenvalue weighted by Crippen LogP contribution is 2.25. The molecule has 0 aliphatic rings. The van der Waals surface area contributed by atoms with E-state index in [0.717, 1.165) is 0 Å². The van der Waals surface area contributed by atoms with Crippen LogP contribution in [0.5, 0.6) is 5.75 Å². The fourth-order valence-corrected chi connectivity index (χ4v) is 1.54. The van der Waals surface area contributed by atoms with Gasteiger partial charge in [-0.3, -0.25) is 4.79 Å². The second-order valence-electron chi connectivity index (χ2n) is 2.98. The number of halogens is 2. The lowest BCUT2D eigenvalue weighted by Gasteiger charge is -2.07. The van der Waals surface area contributed by atoms with Crippen LogP contribution in [0, 0.1) is 5.82 Å². The minimum absolute atomic E-state index is 0.178. The summed E-state index contributed by atoms with van der Waals surface area (Å²) in [6, 6.07) is 4.11. The van der Waals surface area contributed by atoms with Gasteiger partial charge in [-0.15, -0.1) is 0 Å². The molecule has 0 bridgehead atoms. The number of esters is 1. The first kappa shape index (κ1) is 13.0. The minimum Gasteiger partial charge on any atom is -0.492 e. The summed E-state index contributed by atoms with van der Waals surface area (Å²) in [5, 5.41) is 0. The molecule has 0 aromatic heterocycles. The van der Waals surface area contributed by atoms with E-state index in [4.69, 9.17) is 9.47 Å². The van der Waals surface area contributed by atoms with Crippen molar-refractivity contribution in [3.63, 3.8) is 0 Å². The van der Waals surface area contributed by atoms with Gasteiger partial charge in [0.15, 0.2) is 0 Å². The van der Waals surface area contributed by atoms with E-state index in [9.17, 15) is 9.18 Å². The second-order valence-corrected chi connectivity index (χ2v) is 3.83. The molecule has 0 saturated heterocycles. The van der Waals surface area contributed by atoms with Gasteiger partial charge in [-0.05, 0) is 41.1 Å². The maximum absolute atomic E-state index is 12.7. The van der Waals surface area contributed by atoms with Gasteiger partial charge in [-0.25, -0.2) is 4.39 Å². The Balaban J connectivity index is 2.40. The molecule has 0 heterocycles. The predicted molar refractivity (Wildman–Crippen MR) is 60.8 cm³/mol. The van der Waals surface area contributed by atoms with Gasteiger partial charge in [0.1, 0.15) is 11.6 Å². The highest BCUT2D eigenvalue weighted by Gasteiger charge is 2.05. The normalized spacial score (nSPS) is 9.94. The first-order valence-electron chi connectivity index (χ1n) is 4.87. The minimum atomic E-state index is -0.343. The lowest BCUT2D eigenvalue weighted by Crippen LogP contribution is -2.09. The first-order chi connectivity index (χ1) is 7.63. The van der Waals surface area contributed by atoms with Crippen molar-refractivity contribution in [3.8, 4) is 5.75 Å². The van der Waals surface area contributed by atoms with Crippen molar-refractivity contribution < 1.29 is 18.7 Å². The molecule has 0 aliphatic heterocycles. The second kappa shape index (κ2) is 6.48. The number of benzene rings is 1. The van der Waals surface area contributed by atoms with Gasteiger partial charge in [0, 0.05) is 0 Å². The maximum atomic E-state index is 12.7. The molecule has 0 saturated carbocycles. The Labute approximate surface area is 102 Å². The highest BCUT2D eigenvalue weighted by molar-refractivity contribution is 9.10. The van der Waals surface area contributed by atoms with E-state index in [1.807, 2.05) is 0 Å². The molecule has 0 N–H and O–H groups in total. The van der Waals surface area contributed by atoms with Crippen molar-refractivity contribution in [2.24, 2.45) is 0 Å². The zero-order valence-corrected chi connectivity index (χ0v) is 10.4. The molecule has 0 amide bonds. The van der Waals surface area contributed by atoms with Gasteiger partial charge in [-0.2, -0.15) is 0 Å². The van der Waals surface area contributed by atoms with Crippen LogP contribution in [0.4, 0.5) is 4.39 Å². The molecule has 88 valence electrons. The van der Waals surface area contributed by atoms with Crippen LogP contribution < -0.4 is 4.74 Å². The average molecular weight is 291 g/mol. The van der Waals surface area contributed by atoms with Gasteiger partial charge in [0.2, 0.25) is 0 Å². The monoisotopic (exact) mass is 290 g/mol. The molecule has 1 aromatic rings. The van der Waals surface area contributed by atoms with Crippen molar-refractivity contribution >= 4 is 21.9 Å². The molecule has 3 nitrogen and oxygen atoms in total. The van der Waals surface area contributed by atoms with E-state index in [-0.39, 0.29) is 24.8 Å². The molecule has 0 aliphatic carbocycles. The smallest absolute Gasteiger partial charge is 0.309 e. The number of hydrogen-bond donors (Lipinski definition) is 0. The van der Waals surface area contributed by atoms with E-state index in [2.05, 4.69) is 15.9 Å². The standard InChI is InChI=1S/C11H12BrFO3/c1-2-15-11(14)5-6-16-10-4-3-8(13)7-9(10)12/h3-4,7H,2,5-6H2,1H3. The Kier molecular flexibility index (Phi) is 5.25. The molecule has 0 radical (unpaired) electrons. The van der Waals surface area contributed by atoms with E-state index in [1.165, 1.54) is 18.2 Å². The summed E-state index contributed by atoms with van der Waals surface area (Å²) < 4.78 is 23.3. The van der Waals surface area contributed by atoms with Crippen molar-refractivity contribution in [2.45, 2.75) is 13.3 Å². The Morgan fingerprint density at radius 2 is 2.25 bits per heavy atom. The van der Waals surface area contributed by atoms with Crippen LogP contribution in [0.15, 0.2) is 22.7 Å². The quantitative estimate of drug-likeness (QED) is 0.782. The van der Waals surface area contributed by atoms with E-state index >= 15 is 0 Å². The van der Waals surface area contributed by atoms with Crippen LogP contribution in [0.2, 0.25) is 0 Å². The van der Waals surface area contributed by atoms with Crippen molar-refractivity contribution in [2.75, 3.05) is 13.2 Å². The average Bonchev–Trinajstić information content (AvgIpc) is 2.22. The molecular formula is C11H12BrFO3. The van der Waals surface area contributed by atoms with Crippen LogP contribution in [0.3, 0.4) is 0 Å². The fourth-order valence-electron chi connectivity index (χ4n) is 1.07. The number of rotatable bonds is 5. The van der Waals surface area contributed by atoms with E-state index in [0.29, 0.717) is 16.8 Å². The Bertz CT molecular complexity index is 368. The highest BCUT2D eigenvalue weighted by atomic mass is 79.9. The van der Waals surface area contributed by atoms with Crippen molar-refractivity contribution in [1.82, 2.24) is 0 Å². The Hall–Kier alpha value is -1.10. The first-order valence-corrected chi connectivity index (χ1v) is 5.66. The Morgan fingerprint density at radius 1 is 1.50 bits per heavy atom. The van der Waals surface area contributed by atoms with Gasteiger partial charge in [0.05, 0.1) is 24.1 Å². The third-order valence-corrected chi connectivity index (χ3v) is 2.38. The summed E-state index contributed by atoms with van der Waals surface area (Å²) in [5.74, 6) is -0.143. The third kappa shape index (κ3) is 4.18. The molecule has 5 heteroatoms. The zero-order valence-electron chi connectivity index (χ0n) is 8.83. The van der Waals surface area contributed by atoms with Gasteiger partial charge >= 0.3 is 5.97 Å². The van der Waals surface area contributed by atoms with Crippen molar-refractivity contribution in [3.05, 3.63) is 28.5 Å². The fraction of sp³-hybridized carbons (Fsp3) is 0.364. The summed E-state index contributed by atoms with van der Waals surface area (Å²) in [5.41, 5.74) is 0. The van der Waals surface area contributed by atoms with Crippen LogP contribution >= 0.6 is 15.9 Å². The van der Waals surface area contributed by atoms with Crippen LogP contribution in [-0.4, -0.2) is 19.2 Å². The summed E-state index contributed by atoms with van der Waals surface area (Å²) in [6.07, 6.45) is 0.178. The van der Waals surface area contributed by atoms with E-state index in [1.54, 1.807) is 6.92 Å². The summed E-state index contributed by atoms with van der Waals surface area (Å²) in [4.78, 5) is 11.0. The number of ether oxygens (including phenoxy) is 2. The maximum Gasteiger partial charge on any atom is 0.309 e. The van der Waals surface area contributed by atoms with E-state index < -0.39 is 0 Å². The number of carbonyl (C=O) groups excluding carboxylic acids is 1. The summed E-state index contributed by atoms with van der Waals surface area (Å²) >= 11 is 3.16. The molecule has 0 unspecified atom stereocenters. The molecule has 1 rings (SSSR count). The third-order valence-electron chi connectivity index (χ3n) is 1.76. The Morgan fingerprint density at radius 3 is 2.88 bits per heavy atom. The van der Waals surface area contributed by atoms with Crippen LogP contribution in [0.1, 0.15) is 13.3 Å². The lowest BCUT2D eigenvalue weighted by atomic mass is 10.3. The van der Waals surface area contributed by atoms with Crippen molar-refractivity contribution in [1.29, 1.82) is 0 Å². The van der Waals surface area contributed by atoms with Gasteiger partial charge < -0.3 is 9.47 Å². The summed E-state index contributed by atoms with van der Waals surface area (Å²) in [6.45, 7) is 2.32. The summed E-state index contributed by atoms with van der Waals surface area (Å²) in [7, 11) is 0. The van der Waals surface area contributed by atoms with Gasteiger partial charge in [0.25, 0.3) is 0 Å². The molecular weight excluding hydrogens is 279 g/mol. The largest absolute Gasteiger partial charge is 0.492 e. The SMILES string of the molecule is CCOC(=O)CCOc1ccc(F)cc1Br. The topological polar surface area (TPSA) is 35.5 Å². The number of carbonyl (C=O) groups is 1. The van der Waals surface area contributed by atoms with Gasteiger partial charge in [-0.1, -0.05) is 0 Å². The molecule has 0 fully saturated rings. The molecule has 0 spiro atoms.